The number of nitrogens with zero attached hydrogens (tertiary/aromatic N) is 4. The minimum absolute atomic E-state index is 0.426. The number of hydrogen-bond donors (Lipinski definition) is 3. The van der Waals surface area contributed by atoms with Crippen LogP contribution in [-0.2, 0) is 24.1 Å². The molecule has 0 spiro atoms. The fraction of sp³-hybridized carbons (Fsp3) is 0.810. The van der Waals surface area contributed by atoms with E-state index in [4.69, 9.17) is 4.74 Å². The monoisotopic (exact) mass is 421 g/mol. The smallest absolute Gasteiger partial charge is 0.408 e. The maximum Gasteiger partial charge on any atom is 0.408 e. The van der Waals surface area contributed by atoms with E-state index in [1.165, 1.54) is 19.3 Å². The van der Waals surface area contributed by atoms with Crippen LogP contribution in [0.15, 0.2) is 4.99 Å². The number of alkyl carbamates (subject to hydrolysis) is 1. The van der Waals surface area contributed by atoms with Crippen LogP contribution in [0.25, 0.3) is 0 Å². The molecule has 0 radical (unpaired) electrons. The normalized spacial score (nSPS) is 15.2. The largest absolute Gasteiger partial charge is 0.444 e. The van der Waals surface area contributed by atoms with E-state index < -0.39 is 17.2 Å². The molecule has 1 aliphatic rings. The van der Waals surface area contributed by atoms with E-state index >= 15 is 0 Å². The van der Waals surface area contributed by atoms with Gasteiger partial charge in [-0.3, -0.25) is 4.99 Å². The second-order valence-electron chi connectivity index (χ2n) is 9.46. The molecule has 1 aromatic heterocycles. The summed E-state index contributed by atoms with van der Waals surface area (Å²) in [4.78, 5) is 16.3. The van der Waals surface area contributed by atoms with Crippen molar-refractivity contribution in [2.24, 2.45) is 4.99 Å². The van der Waals surface area contributed by atoms with Gasteiger partial charge in [-0.15, -0.1) is 10.2 Å². The fourth-order valence-corrected chi connectivity index (χ4v) is 3.33. The van der Waals surface area contributed by atoms with Crippen molar-refractivity contribution in [1.29, 1.82) is 0 Å². The van der Waals surface area contributed by atoms with Crippen molar-refractivity contribution >= 4 is 12.1 Å². The predicted octanol–water partition coefficient (Wildman–Crippen LogP) is 2.41. The molecule has 0 atom stereocenters. The van der Waals surface area contributed by atoms with Crippen molar-refractivity contribution in [3.8, 4) is 0 Å². The molecule has 1 aliphatic heterocycles. The average molecular weight is 422 g/mol. The van der Waals surface area contributed by atoms with Crippen molar-refractivity contribution in [3.05, 3.63) is 11.6 Å². The highest BCUT2D eigenvalue weighted by Crippen LogP contribution is 2.15. The summed E-state index contributed by atoms with van der Waals surface area (Å²) in [7, 11) is 1.74. The van der Waals surface area contributed by atoms with Crippen LogP contribution in [0.2, 0.25) is 0 Å². The van der Waals surface area contributed by atoms with E-state index in [0.717, 1.165) is 44.0 Å². The van der Waals surface area contributed by atoms with Gasteiger partial charge in [0.1, 0.15) is 17.2 Å². The molecule has 9 nitrogen and oxygen atoms in total. The lowest BCUT2D eigenvalue weighted by atomic mass is 10.1. The highest BCUT2D eigenvalue weighted by Gasteiger charge is 2.24. The summed E-state index contributed by atoms with van der Waals surface area (Å²) < 4.78 is 7.63. The molecule has 9 heteroatoms. The molecule has 170 valence electrons. The van der Waals surface area contributed by atoms with E-state index in [1.807, 2.05) is 34.6 Å². The van der Waals surface area contributed by atoms with Crippen LogP contribution in [-0.4, -0.2) is 58.1 Å². The van der Waals surface area contributed by atoms with E-state index in [-0.39, 0.29) is 0 Å². The first-order chi connectivity index (χ1) is 14.1. The fourth-order valence-electron chi connectivity index (χ4n) is 3.33. The van der Waals surface area contributed by atoms with Crippen LogP contribution in [0, 0.1) is 0 Å². The molecule has 1 aromatic rings. The van der Waals surface area contributed by atoms with Gasteiger partial charge in [-0.25, -0.2) is 4.79 Å². The molecule has 30 heavy (non-hydrogen) atoms. The lowest BCUT2D eigenvalue weighted by Gasteiger charge is -2.29. The van der Waals surface area contributed by atoms with Crippen molar-refractivity contribution in [3.63, 3.8) is 0 Å². The number of fused-ring (bicyclic) bond motifs is 1. The minimum atomic E-state index is -0.520. The number of aromatic nitrogens is 3. The second-order valence-corrected chi connectivity index (χ2v) is 9.46. The number of guanidine groups is 1. The van der Waals surface area contributed by atoms with Gasteiger partial charge in [0.15, 0.2) is 5.96 Å². The van der Waals surface area contributed by atoms with Gasteiger partial charge in [-0.05, 0) is 53.9 Å². The molecule has 3 N–H and O–H groups in total. The van der Waals surface area contributed by atoms with E-state index in [1.54, 1.807) is 7.05 Å². The highest BCUT2D eigenvalue weighted by molar-refractivity contribution is 5.79. The molecule has 0 bridgehead atoms. The molecule has 2 rings (SSSR count). The summed E-state index contributed by atoms with van der Waals surface area (Å²) in [6.07, 6.45) is 6.13. The van der Waals surface area contributed by atoms with Crippen molar-refractivity contribution in [2.75, 3.05) is 20.1 Å². The van der Waals surface area contributed by atoms with Gasteiger partial charge in [0, 0.05) is 39.5 Å². The lowest BCUT2D eigenvalue weighted by Crippen LogP contribution is -2.54. The van der Waals surface area contributed by atoms with Crippen molar-refractivity contribution in [1.82, 2.24) is 30.7 Å². The SMILES string of the molecule is CN=C(NCCCc1nnc2n1CCCCC2)NCC(C)(C)NC(=O)OC(C)(C)C. The van der Waals surface area contributed by atoms with E-state index in [2.05, 4.69) is 35.7 Å². The molecule has 2 heterocycles. The Balaban J connectivity index is 1.72. The number of carbonyl (C=O) groups excluding carboxylic acids is 1. The van der Waals surface area contributed by atoms with E-state index in [0.29, 0.717) is 12.5 Å². The Hall–Kier alpha value is -2.32. The summed E-state index contributed by atoms with van der Waals surface area (Å²) in [6.45, 7) is 11.8. The lowest BCUT2D eigenvalue weighted by molar-refractivity contribution is 0.0474. The molecule has 0 aliphatic carbocycles. The number of ether oxygens (including phenoxy) is 1. The zero-order valence-corrected chi connectivity index (χ0v) is 19.5. The Morgan fingerprint density at radius 3 is 2.60 bits per heavy atom. The number of nitrogens with one attached hydrogen (secondary N) is 3. The topological polar surface area (TPSA) is 105 Å². The number of aliphatic imine (C=N–C) groups is 1. The van der Waals surface area contributed by atoms with Gasteiger partial charge >= 0.3 is 6.09 Å². The number of rotatable bonds is 7. The zero-order chi connectivity index (χ0) is 22.2. The summed E-state index contributed by atoms with van der Waals surface area (Å²) in [5.74, 6) is 2.92. The van der Waals surface area contributed by atoms with Gasteiger partial charge in [0.25, 0.3) is 0 Å². The third-order valence-corrected chi connectivity index (χ3v) is 4.82. The number of amides is 1. The summed E-state index contributed by atoms with van der Waals surface area (Å²) >= 11 is 0. The first kappa shape index (κ1) is 24.0. The minimum Gasteiger partial charge on any atom is -0.444 e. The number of hydrogen-bond acceptors (Lipinski definition) is 5. The Bertz CT molecular complexity index is 719. The van der Waals surface area contributed by atoms with Crippen LogP contribution in [0.4, 0.5) is 4.79 Å². The van der Waals surface area contributed by atoms with Crippen molar-refractivity contribution in [2.45, 2.75) is 90.8 Å². The predicted molar refractivity (Wildman–Crippen MR) is 119 cm³/mol. The van der Waals surface area contributed by atoms with Crippen LogP contribution in [0.1, 0.15) is 72.0 Å². The Morgan fingerprint density at radius 1 is 1.13 bits per heavy atom. The Morgan fingerprint density at radius 2 is 1.90 bits per heavy atom. The first-order valence-corrected chi connectivity index (χ1v) is 11.0. The quantitative estimate of drug-likeness (QED) is 0.355. The first-order valence-electron chi connectivity index (χ1n) is 11.0. The molecular formula is C21H39N7O2. The molecule has 0 aromatic carbocycles. The molecule has 0 fully saturated rings. The van der Waals surface area contributed by atoms with Gasteiger partial charge in [0.2, 0.25) is 0 Å². The van der Waals surface area contributed by atoms with Crippen molar-refractivity contribution < 1.29 is 9.53 Å². The molecule has 0 saturated carbocycles. The van der Waals surface area contributed by atoms with Crippen LogP contribution < -0.4 is 16.0 Å². The van der Waals surface area contributed by atoms with Crippen LogP contribution in [0.3, 0.4) is 0 Å². The standard InChI is InChI=1S/C21H39N7O2/c1-20(2,3)30-19(29)25-21(4,5)15-24-18(22-6)23-13-10-12-17-27-26-16-11-8-7-9-14-28(16)17/h7-15H2,1-6H3,(H,25,29)(H2,22,23,24). The third-order valence-electron chi connectivity index (χ3n) is 4.82. The maximum absolute atomic E-state index is 12.0. The van der Waals surface area contributed by atoms with Gasteiger partial charge in [-0.1, -0.05) is 6.42 Å². The molecule has 1 amide bonds. The zero-order valence-electron chi connectivity index (χ0n) is 19.5. The third kappa shape index (κ3) is 8.20. The molecular weight excluding hydrogens is 382 g/mol. The Labute approximate surface area is 180 Å². The number of aryl methyl sites for hydroxylation is 2. The number of carbonyl (C=O) groups is 1. The summed E-state index contributed by atoms with van der Waals surface area (Å²) in [6, 6.07) is 0. The maximum atomic E-state index is 12.0. The molecule has 0 unspecified atom stereocenters. The Kier molecular flexibility index (Phi) is 8.49. The van der Waals surface area contributed by atoms with Gasteiger partial charge in [0.05, 0.1) is 5.54 Å². The highest BCUT2D eigenvalue weighted by atomic mass is 16.6. The van der Waals surface area contributed by atoms with Crippen LogP contribution in [0.5, 0.6) is 0 Å². The summed E-state index contributed by atoms with van der Waals surface area (Å²) in [5.41, 5.74) is -1.01. The average Bonchev–Trinajstić information content (AvgIpc) is 2.85. The summed E-state index contributed by atoms with van der Waals surface area (Å²) in [5, 5.41) is 18.2. The van der Waals surface area contributed by atoms with Crippen LogP contribution >= 0.6 is 0 Å². The van der Waals surface area contributed by atoms with Gasteiger partial charge < -0.3 is 25.3 Å². The second kappa shape index (κ2) is 10.6. The van der Waals surface area contributed by atoms with Gasteiger partial charge in [-0.2, -0.15) is 0 Å². The van der Waals surface area contributed by atoms with E-state index in [9.17, 15) is 4.79 Å². The molecule has 0 saturated heterocycles.